The SMILES string of the molecule is CCOc1ccc(OC)cc1C1(N2CC3(CN(C4CCN(CCOC)CC4)C3)C2)C(=O)Nc2ccc(C#N)cc21. The van der Waals surface area contributed by atoms with Crippen LogP contribution in [0.15, 0.2) is 36.4 Å². The molecule has 6 rings (SSSR count). The molecule has 4 aliphatic heterocycles. The molecule has 1 N–H and O–H groups in total. The Hall–Kier alpha value is -3.16. The standard InChI is InChI=1S/C31H39N5O4/c1-4-40-28-8-6-24(39-3)16-26(28)31(25-15-22(17-32)5-7-27(25)33-29(31)37)36-20-30(21-36)18-35(19-30)23-9-11-34(12-10-23)13-14-38-2/h5-8,15-16,23H,4,9-14,18-21H2,1-3H3,(H,33,37). The normalized spacial score (nSPS) is 24.6. The van der Waals surface area contributed by atoms with Crippen LogP contribution in [-0.2, 0) is 15.1 Å². The first-order valence-electron chi connectivity index (χ1n) is 14.3. The highest BCUT2D eigenvalue weighted by atomic mass is 16.5. The van der Waals surface area contributed by atoms with E-state index in [4.69, 9.17) is 14.2 Å². The van der Waals surface area contributed by atoms with Crippen molar-refractivity contribution in [2.24, 2.45) is 5.41 Å². The fourth-order valence-electron chi connectivity index (χ4n) is 7.31. The molecule has 1 spiro atoms. The van der Waals surface area contributed by atoms with Crippen molar-refractivity contribution < 1.29 is 19.0 Å². The number of nitrogens with zero attached hydrogens (tertiary/aromatic N) is 4. The molecule has 0 saturated carbocycles. The molecule has 40 heavy (non-hydrogen) atoms. The van der Waals surface area contributed by atoms with E-state index in [0.717, 1.165) is 69.2 Å². The number of hydrogen-bond donors (Lipinski definition) is 1. The number of fused-ring (bicyclic) bond motifs is 1. The second-order valence-corrected chi connectivity index (χ2v) is 11.7. The van der Waals surface area contributed by atoms with Crippen LogP contribution < -0.4 is 14.8 Å². The van der Waals surface area contributed by atoms with Crippen LogP contribution in [0, 0.1) is 16.7 Å². The van der Waals surface area contributed by atoms with Crippen molar-refractivity contribution in [3.05, 3.63) is 53.1 Å². The lowest BCUT2D eigenvalue weighted by atomic mass is 9.67. The molecule has 4 aliphatic rings. The van der Waals surface area contributed by atoms with Crippen molar-refractivity contribution in [1.82, 2.24) is 14.7 Å². The molecule has 3 saturated heterocycles. The van der Waals surface area contributed by atoms with Gasteiger partial charge in [0, 0.05) is 68.1 Å². The topological polar surface area (TPSA) is 90.3 Å². The van der Waals surface area contributed by atoms with Crippen LogP contribution in [-0.4, -0.2) is 99.9 Å². The number of rotatable bonds is 9. The summed E-state index contributed by atoms with van der Waals surface area (Å²) < 4.78 is 16.9. The first-order valence-corrected chi connectivity index (χ1v) is 14.3. The number of piperidine rings is 1. The summed E-state index contributed by atoms with van der Waals surface area (Å²) in [6.07, 6.45) is 2.39. The van der Waals surface area contributed by atoms with E-state index < -0.39 is 5.54 Å². The molecule has 0 aromatic heterocycles. The molecular formula is C31H39N5O4. The molecule has 1 unspecified atom stereocenters. The lowest BCUT2D eigenvalue weighted by Gasteiger charge is -2.65. The number of carbonyl (C=O) groups excluding carboxylic acids is 1. The van der Waals surface area contributed by atoms with Gasteiger partial charge in [0.05, 0.1) is 32.0 Å². The number of anilines is 1. The third kappa shape index (κ3) is 4.34. The van der Waals surface area contributed by atoms with Crippen molar-refractivity contribution in [3.63, 3.8) is 0 Å². The Morgan fingerprint density at radius 2 is 1.82 bits per heavy atom. The number of carbonyl (C=O) groups is 1. The van der Waals surface area contributed by atoms with Gasteiger partial charge in [-0.15, -0.1) is 0 Å². The maximum atomic E-state index is 14.1. The minimum absolute atomic E-state index is 0.110. The number of ether oxygens (including phenoxy) is 3. The summed E-state index contributed by atoms with van der Waals surface area (Å²) in [5, 5.41) is 12.8. The van der Waals surface area contributed by atoms with E-state index in [1.807, 2.05) is 37.3 Å². The number of benzene rings is 2. The lowest BCUT2D eigenvalue weighted by Crippen LogP contribution is -2.77. The Labute approximate surface area is 236 Å². The molecule has 9 nitrogen and oxygen atoms in total. The zero-order chi connectivity index (χ0) is 27.9. The van der Waals surface area contributed by atoms with Gasteiger partial charge >= 0.3 is 0 Å². The predicted molar refractivity (Wildman–Crippen MR) is 152 cm³/mol. The number of nitrogens with one attached hydrogen (secondary N) is 1. The van der Waals surface area contributed by atoms with Gasteiger partial charge in [-0.05, 0) is 69.3 Å². The number of likely N-dealkylation sites (tertiary alicyclic amines) is 3. The van der Waals surface area contributed by atoms with Crippen molar-refractivity contribution in [2.75, 3.05) is 78.6 Å². The molecule has 2 aromatic rings. The largest absolute Gasteiger partial charge is 0.497 e. The Morgan fingerprint density at radius 1 is 1.05 bits per heavy atom. The summed E-state index contributed by atoms with van der Waals surface area (Å²) in [6, 6.07) is 14.0. The van der Waals surface area contributed by atoms with Crippen LogP contribution >= 0.6 is 0 Å². The molecule has 4 heterocycles. The van der Waals surface area contributed by atoms with Crippen LogP contribution in [0.5, 0.6) is 11.5 Å². The van der Waals surface area contributed by atoms with Gasteiger partial charge in [0.15, 0.2) is 5.54 Å². The highest BCUT2D eigenvalue weighted by Crippen LogP contribution is 2.55. The van der Waals surface area contributed by atoms with E-state index in [9.17, 15) is 10.1 Å². The Morgan fingerprint density at radius 3 is 2.50 bits per heavy atom. The minimum Gasteiger partial charge on any atom is -0.497 e. The molecule has 212 valence electrons. The first-order chi connectivity index (χ1) is 19.5. The molecule has 1 atom stereocenters. The van der Waals surface area contributed by atoms with Gasteiger partial charge in [0.25, 0.3) is 5.91 Å². The van der Waals surface area contributed by atoms with Crippen molar-refractivity contribution in [1.29, 1.82) is 5.26 Å². The van der Waals surface area contributed by atoms with Gasteiger partial charge in [0.1, 0.15) is 11.5 Å². The van der Waals surface area contributed by atoms with Crippen molar-refractivity contribution >= 4 is 11.6 Å². The van der Waals surface area contributed by atoms with Crippen molar-refractivity contribution in [3.8, 4) is 17.6 Å². The molecule has 0 radical (unpaired) electrons. The van der Waals surface area contributed by atoms with E-state index >= 15 is 0 Å². The van der Waals surface area contributed by atoms with Crippen LogP contribution in [0.25, 0.3) is 0 Å². The van der Waals surface area contributed by atoms with E-state index in [2.05, 4.69) is 26.1 Å². The fourth-order valence-corrected chi connectivity index (χ4v) is 7.31. The maximum Gasteiger partial charge on any atom is 0.254 e. The zero-order valence-electron chi connectivity index (χ0n) is 23.7. The van der Waals surface area contributed by atoms with Gasteiger partial charge in [-0.25, -0.2) is 0 Å². The van der Waals surface area contributed by atoms with Crippen LogP contribution in [0.2, 0.25) is 0 Å². The Balaban J connectivity index is 1.27. The summed E-state index contributed by atoms with van der Waals surface area (Å²) >= 11 is 0. The molecular weight excluding hydrogens is 506 g/mol. The average Bonchev–Trinajstić information content (AvgIpc) is 3.22. The maximum absolute atomic E-state index is 14.1. The molecule has 0 bridgehead atoms. The summed E-state index contributed by atoms with van der Waals surface area (Å²) in [7, 11) is 3.40. The summed E-state index contributed by atoms with van der Waals surface area (Å²) in [6.45, 7) is 10.2. The highest BCUT2D eigenvalue weighted by Gasteiger charge is 2.63. The quantitative estimate of drug-likeness (QED) is 0.515. The van der Waals surface area contributed by atoms with Crippen LogP contribution in [0.1, 0.15) is 36.5 Å². The predicted octanol–water partition coefficient (Wildman–Crippen LogP) is 2.89. The second kappa shape index (κ2) is 10.7. The number of methoxy groups -OCH3 is 2. The fraction of sp³-hybridized carbons (Fsp3) is 0.548. The van der Waals surface area contributed by atoms with Crippen molar-refractivity contribution in [2.45, 2.75) is 31.3 Å². The molecule has 1 amide bonds. The van der Waals surface area contributed by atoms with Gasteiger partial charge in [0.2, 0.25) is 0 Å². The second-order valence-electron chi connectivity index (χ2n) is 11.7. The summed E-state index contributed by atoms with van der Waals surface area (Å²) in [5.41, 5.74) is 1.92. The Bertz CT molecular complexity index is 1300. The van der Waals surface area contributed by atoms with Gasteiger partial charge in [-0.1, -0.05) is 0 Å². The number of amides is 1. The lowest BCUT2D eigenvalue weighted by molar-refractivity contribution is -0.169. The van der Waals surface area contributed by atoms with E-state index in [1.54, 1.807) is 20.3 Å². The van der Waals surface area contributed by atoms with Crippen LogP contribution in [0.3, 0.4) is 0 Å². The van der Waals surface area contributed by atoms with Crippen LogP contribution in [0.4, 0.5) is 5.69 Å². The smallest absolute Gasteiger partial charge is 0.254 e. The molecule has 9 heteroatoms. The van der Waals surface area contributed by atoms with Gasteiger partial charge < -0.3 is 24.4 Å². The third-order valence-electron chi connectivity index (χ3n) is 9.28. The summed E-state index contributed by atoms with van der Waals surface area (Å²) in [4.78, 5) is 21.6. The van der Waals surface area contributed by atoms with E-state index in [1.165, 1.54) is 12.8 Å². The highest BCUT2D eigenvalue weighted by molar-refractivity contribution is 6.09. The number of hydrogen-bond acceptors (Lipinski definition) is 8. The molecule has 0 aliphatic carbocycles. The molecule has 2 aromatic carbocycles. The van der Waals surface area contributed by atoms with Gasteiger partial charge in [-0.2, -0.15) is 5.26 Å². The minimum atomic E-state index is -1.10. The monoisotopic (exact) mass is 545 g/mol. The Kier molecular flexibility index (Phi) is 7.21. The number of nitriles is 1. The summed E-state index contributed by atoms with van der Waals surface area (Å²) in [5.74, 6) is 1.21. The molecule has 3 fully saturated rings. The zero-order valence-corrected chi connectivity index (χ0v) is 23.7. The average molecular weight is 546 g/mol. The van der Waals surface area contributed by atoms with E-state index in [0.29, 0.717) is 29.7 Å². The first kappa shape index (κ1) is 27.0. The third-order valence-corrected chi connectivity index (χ3v) is 9.28. The van der Waals surface area contributed by atoms with Gasteiger partial charge in [-0.3, -0.25) is 14.6 Å². The van der Waals surface area contributed by atoms with E-state index in [-0.39, 0.29) is 11.3 Å².